The number of aliphatic hydroxyl groups is 1. The fourth-order valence-corrected chi connectivity index (χ4v) is 2.65. The molecule has 1 N–H and O–H groups in total. The van der Waals surface area contributed by atoms with Crippen LogP contribution in [0.3, 0.4) is 0 Å². The summed E-state index contributed by atoms with van der Waals surface area (Å²) in [5.74, 6) is -0.317. The van der Waals surface area contributed by atoms with Crippen LogP contribution in [0.15, 0.2) is 30.3 Å². The zero-order valence-corrected chi connectivity index (χ0v) is 12.1. The molecule has 1 nitrogen and oxygen atoms in total. The van der Waals surface area contributed by atoms with Gasteiger partial charge in [-0.2, -0.15) is 0 Å². The predicted molar refractivity (Wildman–Crippen MR) is 76.4 cm³/mol. The van der Waals surface area contributed by atoms with Gasteiger partial charge in [0, 0.05) is 5.56 Å². The van der Waals surface area contributed by atoms with Crippen molar-refractivity contribution in [3.05, 3.63) is 68.4 Å². The van der Waals surface area contributed by atoms with E-state index >= 15 is 0 Å². The lowest BCUT2D eigenvalue weighted by atomic mass is 9.93. The average molecular weight is 299 g/mol. The first kappa shape index (κ1) is 14.3. The lowest BCUT2D eigenvalue weighted by molar-refractivity contribution is 0.218. The molecule has 0 fully saturated rings. The Bertz CT molecular complexity index is 603. The minimum Gasteiger partial charge on any atom is -0.384 e. The van der Waals surface area contributed by atoms with Gasteiger partial charge in [0.25, 0.3) is 0 Å². The van der Waals surface area contributed by atoms with Crippen molar-refractivity contribution in [1.82, 2.24) is 0 Å². The summed E-state index contributed by atoms with van der Waals surface area (Å²) >= 11 is 12.1. The first-order chi connectivity index (χ1) is 8.91. The number of rotatable bonds is 2. The SMILES string of the molecule is Cc1cc(F)cc(C)c1C(O)c1cccc(Cl)c1Cl. The highest BCUT2D eigenvalue weighted by Crippen LogP contribution is 2.35. The summed E-state index contributed by atoms with van der Waals surface area (Å²) < 4.78 is 13.3. The molecule has 100 valence electrons. The van der Waals surface area contributed by atoms with E-state index in [1.807, 2.05) is 0 Å². The van der Waals surface area contributed by atoms with Crippen molar-refractivity contribution in [3.8, 4) is 0 Å². The van der Waals surface area contributed by atoms with E-state index in [0.717, 1.165) is 0 Å². The van der Waals surface area contributed by atoms with Gasteiger partial charge in [-0.05, 0) is 48.7 Å². The molecule has 0 saturated heterocycles. The molecule has 0 saturated carbocycles. The van der Waals surface area contributed by atoms with Gasteiger partial charge < -0.3 is 5.11 Å². The molecule has 1 unspecified atom stereocenters. The Kier molecular flexibility index (Phi) is 4.14. The van der Waals surface area contributed by atoms with Crippen LogP contribution in [0.4, 0.5) is 4.39 Å². The molecule has 0 aromatic heterocycles. The second-order valence-electron chi connectivity index (χ2n) is 4.50. The molecule has 0 aliphatic heterocycles. The summed E-state index contributed by atoms with van der Waals surface area (Å²) in [6, 6.07) is 7.88. The van der Waals surface area contributed by atoms with Crippen molar-refractivity contribution >= 4 is 23.2 Å². The third-order valence-corrected chi connectivity index (χ3v) is 3.94. The van der Waals surface area contributed by atoms with Gasteiger partial charge in [-0.3, -0.25) is 0 Å². The maximum Gasteiger partial charge on any atom is 0.123 e. The maximum absolute atomic E-state index is 13.3. The van der Waals surface area contributed by atoms with Crippen LogP contribution in [0.2, 0.25) is 10.0 Å². The Morgan fingerprint density at radius 3 is 2.26 bits per heavy atom. The van der Waals surface area contributed by atoms with E-state index in [0.29, 0.717) is 32.3 Å². The Morgan fingerprint density at radius 2 is 1.68 bits per heavy atom. The van der Waals surface area contributed by atoms with Crippen LogP contribution in [0.25, 0.3) is 0 Å². The van der Waals surface area contributed by atoms with Gasteiger partial charge >= 0.3 is 0 Å². The largest absolute Gasteiger partial charge is 0.384 e. The lowest BCUT2D eigenvalue weighted by Gasteiger charge is -2.18. The monoisotopic (exact) mass is 298 g/mol. The summed E-state index contributed by atoms with van der Waals surface area (Å²) in [6.45, 7) is 3.51. The van der Waals surface area contributed by atoms with E-state index in [9.17, 15) is 9.50 Å². The summed E-state index contributed by atoms with van der Waals surface area (Å²) in [4.78, 5) is 0. The molecule has 2 rings (SSSR count). The van der Waals surface area contributed by atoms with E-state index in [1.165, 1.54) is 12.1 Å². The molecule has 2 aromatic rings. The van der Waals surface area contributed by atoms with Crippen LogP contribution < -0.4 is 0 Å². The standard InChI is InChI=1S/C15H13Cl2FO/c1-8-6-10(18)7-9(2)13(8)15(19)11-4-3-5-12(16)14(11)17/h3-7,15,19H,1-2H3. The second kappa shape index (κ2) is 5.49. The van der Waals surface area contributed by atoms with Gasteiger partial charge in [-0.25, -0.2) is 4.39 Å². The molecule has 2 aromatic carbocycles. The first-order valence-electron chi connectivity index (χ1n) is 5.80. The highest BCUT2D eigenvalue weighted by atomic mass is 35.5. The van der Waals surface area contributed by atoms with Gasteiger partial charge in [0.05, 0.1) is 10.0 Å². The van der Waals surface area contributed by atoms with Crippen LogP contribution in [-0.4, -0.2) is 5.11 Å². The van der Waals surface area contributed by atoms with Gasteiger partial charge in [0.15, 0.2) is 0 Å². The third kappa shape index (κ3) is 2.76. The molecule has 0 heterocycles. The maximum atomic E-state index is 13.3. The highest BCUT2D eigenvalue weighted by molar-refractivity contribution is 6.42. The zero-order valence-electron chi connectivity index (χ0n) is 10.5. The number of aryl methyl sites for hydroxylation is 2. The van der Waals surface area contributed by atoms with E-state index in [2.05, 4.69) is 0 Å². The minimum absolute atomic E-state index is 0.317. The van der Waals surface area contributed by atoms with Crippen molar-refractivity contribution in [2.45, 2.75) is 20.0 Å². The zero-order chi connectivity index (χ0) is 14.2. The smallest absolute Gasteiger partial charge is 0.123 e. The topological polar surface area (TPSA) is 20.2 Å². The Morgan fingerprint density at radius 1 is 1.11 bits per heavy atom. The van der Waals surface area contributed by atoms with Gasteiger partial charge in [0.2, 0.25) is 0 Å². The summed E-state index contributed by atoms with van der Waals surface area (Å²) in [7, 11) is 0. The number of hydrogen-bond donors (Lipinski definition) is 1. The van der Waals surface area contributed by atoms with E-state index in [4.69, 9.17) is 23.2 Å². The fourth-order valence-electron chi connectivity index (χ4n) is 2.24. The molecule has 0 aliphatic rings. The molecule has 0 aliphatic carbocycles. The average Bonchev–Trinajstić information content (AvgIpc) is 2.31. The van der Waals surface area contributed by atoms with Gasteiger partial charge in [0.1, 0.15) is 11.9 Å². The molecule has 1 atom stereocenters. The van der Waals surface area contributed by atoms with Crippen molar-refractivity contribution < 1.29 is 9.50 Å². The van der Waals surface area contributed by atoms with Crippen molar-refractivity contribution in [3.63, 3.8) is 0 Å². The van der Waals surface area contributed by atoms with Crippen molar-refractivity contribution in [1.29, 1.82) is 0 Å². The van der Waals surface area contributed by atoms with Gasteiger partial charge in [-0.1, -0.05) is 35.3 Å². The predicted octanol–water partition coefficient (Wildman–Crippen LogP) is 4.83. The Balaban J connectivity index is 2.56. The second-order valence-corrected chi connectivity index (χ2v) is 5.28. The summed E-state index contributed by atoms with van der Waals surface area (Å²) in [5, 5.41) is 11.2. The molecule has 4 heteroatoms. The van der Waals surface area contributed by atoms with Crippen LogP contribution >= 0.6 is 23.2 Å². The fraction of sp³-hybridized carbons (Fsp3) is 0.200. The van der Waals surface area contributed by atoms with Crippen LogP contribution in [-0.2, 0) is 0 Å². The molecule has 0 spiro atoms. The molecule has 0 amide bonds. The van der Waals surface area contributed by atoms with E-state index in [1.54, 1.807) is 32.0 Å². The Hall–Kier alpha value is -1.09. The van der Waals surface area contributed by atoms with Crippen LogP contribution in [0.1, 0.15) is 28.4 Å². The summed E-state index contributed by atoms with van der Waals surface area (Å²) in [6.07, 6.45) is -0.924. The molecular formula is C15H13Cl2FO. The molecule has 0 radical (unpaired) electrons. The van der Waals surface area contributed by atoms with Crippen LogP contribution in [0.5, 0.6) is 0 Å². The first-order valence-corrected chi connectivity index (χ1v) is 6.56. The molecular weight excluding hydrogens is 286 g/mol. The van der Waals surface area contributed by atoms with Gasteiger partial charge in [-0.15, -0.1) is 0 Å². The molecule has 0 bridgehead atoms. The van der Waals surface area contributed by atoms with Crippen LogP contribution in [0, 0.1) is 19.7 Å². The summed E-state index contributed by atoms with van der Waals surface area (Å²) in [5.41, 5.74) is 2.54. The lowest BCUT2D eigenvalue weighted by Crippen LogP contribution is -2.06. The Labute approximate surface area is 121 Å². The number of aliphatic hydroxyl groups excluding tert-OH is 1. The van der Waals surface area contributed by atoms with E-state index in [-0.39, 0.29) is 5.82 Å². The van der Waals surface area contributed by atoms with Crippen molar-refractivity contribution in [2.24, 2.45) is 0 Å². The number of halogens is 3. The molecule has 19 heavy (non-hydrogen) atoms. The van der Waals surface area contributed by atoms with Crippen molar-refractivity contribution in [2.75, 3.05) is 0 Å². The minimum atomic E-state index is -0.924. The third-order valence-electron chi connectivity index (χ3n) is 3.11. The quantitative estimate of drug-likeness (QED) is 0.842. The van der Waals surface area contributed by atoms with E-state index < -0.39 is 6.10 Å². The normalized spacial score (nSPS) is 12.5. The number of hydrogen-bond acceptors (Lipinski definition) is 1. The highest BCUT2D eigenvalue weighted by Gasteiger charge is 2.19. The number of benzene rings is 2.